The van der Waals surface area contributed by atoms with Crippen LogP contribution in [0.3, 0.4) is 0 Å². The van der Waals surface area contributed by atoms with Gasteiger partial charge in [-0.2, -0.15) is 0 Å². The van der Waals surface area contributed by atoms with Gasteiger partial charge in [-0.05, 0) is 0 Å². The van der Waals surface area contributed by atoms with Gasteiger partial charge in [0.05, 0.1) is 6.10 Å². The Hall–Kier alpha value is -0.610. The average Bonchev–Trinajstić information content (AvgIpc) is 2.13. The van der Waals surface area contributed by atoms with Gasteiger partial charge in [0.25, 0.3) is 0 Å². The van der Waals surface area contributed by atoms with E-state index in [4.69, 9.17) is 10.8 Å². The summed E-state index contributed by atoms with van der Waals surface area (Å²) in [4.78, 5) is 11.5. The normalized spacial score (nSPS) is 35.1. The summed E-state index contributed by atoms with van der Waals surface area (Å²) in [6, 6.07) is -0.254. The van der Waals surface area contributed by atoms with E-state index in [-0.39, 0.29) is 6.04 Å². The highest BCUT2D eigenvalue weighted by atomic mass is 16.3. The molecule has 3 N–H and O–H groups in total. The van der Waals surface area contributed by atoms with E-state index in [9.17, 15) is 4.79 Å². The number of rotatable bonds is 1. The average molecular weight is 130 g/mol. The molecule has 0 spiro atoms. The molecule has 0 aliphatic carbocycles. The molecular weight excluding hydrogens is 120 g/mol. The summed E-state index contributed by atoms with van der Waals surface area (Å²) in [5.41, 5.74) is 5.39. The largest absolute Gasteiger partial charge is 0.390 e. The van der Waals surface area contributed by atoms with Crippen molar-refractivity contribution in [3.8, 4) is 0 Å². The van der Waals surface area contributed by atoms with Crippen LogP contribution in [0.5, 0.6) is 0 Å². The van der Waals surface area contributed by atoms with Gasteiger partial charge >= 0.3 is 0 Å². The lowest BCUT2D eigenvalue weighted by molar-refractivity contribution is -0.117. The number of nitrogens with zero attached hydrogens (tertiary/aromatic N) is 1. The molecule has 4 nitrogen and oxygen atoms in total. The van der Waals surface area contributed by atoms with E-state index in [2.05, 4.69) is 0 Å². The van der Waals surface area contributed by atoms with E-state index in [0.29, 0.717) is 19.5 Å². The van der Waals surface area contributed by atoms with Crippen LogP contribution in [-0.4, -0.2) is 41.7 Å². The number of carbonyl (C=O) groups excluding carboxylic acids is 1. The molecule has 0 saturated carbocycles. The van der Waals surface area contributed by atoms with Crippen LogP contribution in [0, 0.1) is 0 Å². The molecule has 1 aliphatic rings. The number of carbonyl (C=O) groups is 1. The Bertz CT molecular complexity index is 108. The maximum atomic E-state index is 10.1. The second-order valence-corrected chi connectivity index (χ2v) is 2.29. The van der Waals surface area contributed by atoms with Crippen LogP contribution in [0.4, 0.5) is 0 Å². The van der Waals surface area contributed by atoms with Crippen molar-refractivity contribution in [1.29, 1.82) is 0 Å². The molecule has 0 aromatic rings. The van der Waals surface area contributed by atoms with Crippen molar-refractivity contribution in [3.63, 3.8) is 0 Å². The number of hydrogen-bond donors (Lipinski definition) is 2. The zero-order valence-electron chi connectivity index (χ0n) is 5.03. The van der Waals surface area contributed by atoms with Crippen molar-refractivity contribution >= 4 is 6.41 Å². The van der Waals surface area contributed by atoms with Crippen LogP contribution in [0.1, 0.15) is 0 Å². The molecule has 0 aromatic carbocycles. The quantitative estimate of drug-likeness (QED) is 0.409. The van der Waals surface area contributed by atoms with Gasteiger partial charge in [0.1, 0.15) is 0 Å². The molecule has 2 atom stereocenters. The van der Waals surface area contributed by atoms with Crippen molar-refractivity contribution in [2.75, 3.05) is 13.1 Å². The molecule has 0 aromatic heterocycles. The molecule has 0 bridgehead atoms. The minimum Gasteiger partial charge on any atom is -0.390 e. The van der Waals surface area contributed by atoms with Crippen LogP contribution < -0.4 is 5.73 Å². The van der Waals surface area contributed by atoms with Crippen LogP contribution in [0.15, 0.2) is 0 Å². The summed E-state index contributed by atoms with van der Waals surface area (Å²) in [6.45, 7) is 0.856. The number of aliphatic hydroxyl groups is 1. The van der Waals surface area contributed by atoms with Gasteiger partial charge in [-0.3, -0.25) is 4.79 Å². The Labute approximate surface area is 53.2 Å². The number of aliphatic hydroxyl groups excluding tert-OH is 1. The zero-order chi connectivity index (χ0) is 6.85. The minimum atomic E-state index is -0.532. The summed E-state index contributed by atoms with van der Waals surface area (Å²) >= 11 is 0. The third-order valence-electron chi connectivity index (χ3n) is 1.51. The van der Waals surface area contributed by atoms with Crippen molar-refractivity contribution in [3.05, 3.63) is 0 Å². The van der Waals surface area contributed by atoms with Crippen LogP contribution >= 0.6 is 0 Å². The van der Waals surface area contributed by atoms with Gasteiger partial charge in [-0.15, -0.1) is 0 Å². The second kappa shape index (κ2) is 2.33. The van der Waals surface area contributed by atoms with Crippen LogP contribution in [0.25, 0.3) is 0 Å². The van der Waals surface area contributed by atoms with Crippen molar-refractivity contribution in [2.45, 2.75) is 12.1 Å². The summed E-state index contributed by atoms with van der Waals surface area (Å²) in [5, 5.41) is 8.97. The number of hydrogen-bond acceptors (Lipinski definition) is 3. The Morgan fingerprint density at radius 1 is 1.67 bits per heavy atom. The minimum absolute atomic E-state index is 0.254. The smallest absolute Gasteiger partial charge is 0.209 e. The van der Waals surface area contributed by atoms with E-state index in [1.807, 2.05) is 0 Å². The van der Waals surface area contributed by atoms with Gasteiger partial charge in [-0.25, -0.2) is 0 Å². The topological polar surface area (TPSA) is 66.6 Å². The molecule has 52 valence electrons. The maximum absolute atomic E-state index is 10.1. The summed E-state index contributed by atoms with van der Waals surface area (Å²) < 4.78 is 0. The molecule has 4 heteroatoms. The van der Waals surface area contributed by atoms with Crippen LogP contribution in [-0.2, 0) is 4.79 Å². The fourth-order valence-electron chi connectivity index (χ4n) is 0.929. The first-order valence-electron chi connectivity index (χ1n) is 2.87. The summed E-state index contributed by atoms with van der Waals surface area (Å²) in [5.74, 6) is 0. The van der Waals surface area contributed by atoms with Crippen molar-refractivity contribution < 1.29 is 9.90 Å². The van der Waals surface area contributed by atoms with E-state index < -0.39 is 6.10 Å². The molecule has 1 saturated heterocycles. The molecule has 1 aliphatic heterocycles. The molecule has 1 fully saturated rings. The zero-order valence-corrected chi connectivity index (χ0v) is 5.03. The second-order valence-electron chi connectivity index (χ2n) is 2.29. The summed E-state index contributed by atoms with van der Waals surface area (Å²) in [6.07, 6.45) is 0.172. The monoisotopic (exact) mass is 130 g/mol. The first kappa shape index (κ1) is 6.51. The fraction of sp³-hybridized carbons (Fsp3) is 0.800. The predicted molar refractivity (Wildman–Crippen MR) is 31.6 cm³/mol. The Kier molecular flexibility index (Phi) is 1.68. The lowest BCUT2D eigenvalue weighted by atomic mass is 10.2. The molecule has 9 heavy (non-hydrogen) atoms. The van der Waals surface area contributed by atoms with Gasteiger partial charge < -0.3 is 15.7 Å². The highest BCUT2D eigenvalue weighted by molar-refractivity contribution is 5.48. The first-order chi connectivity index (χ1) is 4.24. The highest BCUT2D eigenvalue weighted by Gasteiger charge is 2.26. The number of likely N-dealkylation sites (tertiary alicyclic amines) is 1. The maximum Gasteiger partial charge on any atom is 0.209 e. The third kappa shape index (κ3) is 1.20. The predicted octanol–water partition coefficient (Wildman–Crippen LogP) is -1.85. The fourth-order valence-corrected chi connectivity index (χ4v) is 0.929. The highest BCUT2D eigenvalue weighted by Crippen LogP contribution is 2.04. The lowest BCUT2D eigenvalue weighted by Crippen LogP contribution is -2.32. The number of amides is 1. The van der Waals surface area contributed by atoms with E-state index >= 15 is 0 Å². The number of nitrogens with two attached hydrogens (primary N) is 1. The number of β-amino-alcohol motifs (C(OH)–C–C–N with tert-alkyl or cyclic N) is 1. The van der Waals surface area contributed by atoms with Gasteiger partial charge in [0.2, 0.25) is 6.41 Å². The molecular formula is C5H10N2O2. The first-order valence-corrected chi connectivity index (χ1v) is 2.87. The molecule has 1 heterocycles. The lowest BCUT2D eigenvalue weighted by Gasteiger charge is -2.04. The standard InChI is InChI=1S/C5H10N2O2/c6-4-1-7(3-8)2-5(4)9/h3-5,9H,1-2,6H2. The van der Waals surface area contributed by atoms with E-state index in [1.54, 1.807) is 0 Å². The Balaban J connectivity index is 2.43. The Morgan fingerprint density at radius 2 is 2.33 bits per heavy atom. The van der Waals surface area contributed by atoms with E-state index in [0.717, 1.165) is 0 Å². The molecule has 1 rings (SSSR count). The van der Waals surface area contributed by atoms with Crippen LogP contribution in [0.2, 0.25) is 0 Å². The SMILES string of the molecule is NC1CN(C=O)CC1O. The van der Waals surface area contributed by atoms with Gasteiger partial charge in [0, 0.05) is 19.1 Å². The molecule has 0 radical (unpaired) electrons. The third-order valence-corrected chi connectivity index (χ3v) is 1.51. The van der Waals surface area contributed by atoms with E-state index in [1.165, 1.54) is 4.90 Å². The van der Waals surface area contributed by atoms with Gasteiger partial charge in [0.15, 0.2) is 0 Å². The molecule has 2 unspecified atom stereocenters. The van der Waals surface area contributed by atoms with Gasteiger partial charge in [-0.1, -0.05) is 0 Å². The summed E-state index contributed by atoms with van der Waals surface area (Å²) in [7, 11) is 0. The Morgan fingerprint density at radius 3 is 2.56 bits per heavy atom. The molecule has 1 amide bonds. The van der Waals surface area contributed by atoms with Crippen molar-refractivity contribution in [2.24, 2.45) is 5.73 Å². The van der Waals surface area contributed by atoms with Crippen molar-refractivity contribution in [1.82, 2.24) is 4.90 Å².